The van der Waals surface area contributed by atoms with Crippen LogP contribution in [0.25, 0.3) is 0 Å². The monoisotopic (exact) mass is 278 g/mol. The number of amides is 1. The molecule has 0 aliphatic carbocycles. The molecule has 0 spiro atoms. The van der Waals surface area contributed by atoms with E-state index >= 15 is 0 Å². The second-order valence-corrected chi connectivity index (χ2v) is 4.28. The summed E-state index contributed by atoms with van der Waals surface area (Å²) in [4.78, 5) is 11.7. The SMILES string of the molecule is O=C(Cn1cc(CCO)nn1)NCc1ccc(F)cc1. The zero-order valence-corrected chi connectivity index (χ0v) is 10.8. The van der Waals surface area contributed by atoms with E-state index in [4.69, 9.17) is 5.11 Å². The minimum atomic E-state index is -0.306. The zero-order chi connectivity index (χ0) is 14.4. The van der Waals surface area contributed by atoms with Gasteiger partial charge in [0.15, 0.2) is 0 Å². The van der Waals surface area contributed by atoms with Crippen molar-refractivity contribution in [1.29, 1.82) is 0 Å². The highest BCUT2D eigenvalue weighted by Gasteiger charge is 2.05. The van der Waals surface area contributed by atoms with Crippen LogP contribution < -0.4 is 5.32 Å². The van der Waals surface area contributed by atoms with E-state index in [0.717, 1.165) is 5.56 Å². The molecule has 106 valence electrons. The number of carbonyl (C=O) groups excluding carboxylic acids is 1. The molecule has 1 heterocycles. The lowest BCUT2D eigenvalue weighted by Crippen LogP contribution is -2.27. The summed E-state index contributed by atoms with van der Waals surface area (Å²) in [7, 11) is 0. The van der Waals surface area contributed by atoms with Crippen molar-refractivity contribution >= 4 is 5.91 Å². The van der Waals surface area contributed by atoms with Crippen molar-refractivity contribution in [2.24, 2.45) is 0 Å². The van der Waals surface area contributed by atoms with E-state index in [9.17, 15) is 9.18 Å². The molecule has 0 atom stereocenters. The van der Waals surface area contributed by atoms with Gasteiger partial charge in [0.25, 0.3) is 0 Å². The normalized spacial score (nSPS) is 10.5. The van der Waals surface area contributed by atoms with Crippen LogP contribution in [0.4, 0.5) is 4.39 Å². The van der Waals surface area contributed by atoms with Crippen LogP contribution in [-0.4, -0.2) is 32.6 Å². The van der Waals surface area contributed by atoms with Gasteiger partial charge >= 0.3 is 0 Å². The van der Waals surface area contributed by atoms with Crippen LogP contribution in [0.3, 0.4) is 0 Å². The number of hydrogen-bond acceptors (Lipinski definition) is 4. The smallest absolute Gasteiger partial charge is 0.242 e. The summed E-state index contributed by atoms with van der Waals surface area (Å²) in [6.45, 7) is 0.381. The Morgan fingerprint density at radius 1 is 1.35 bits per heavy atom. The average Bonchev–Trinajstić information content (AvgIpc) is 2.86. The van der Waals surface area contributed by atoms with E-state index in [1.165, 1.54) is 16.8 Å². The maximum Gasteiger partial charge on any atom is 0.242 e. The average molecular weight is 278 g/mol. The highest BCUT2D eigenvalue weighted by molar-refractivity contribution is 5.75. The van der Waals surface area contributed by atoms with Crippen LogP contribution in [0.1, 0.15) is 11.3 Å². The number of carbonyl (C=O) groups is 1. The Balaban J connectivity index is 1.81. The van der Waals surface area contributed by atoms with Crippen LogP contribution in [-0.2, 0) is 24.3 Å². The number of aliphatic hydroxyl groups is 1. The molecule has 0 radical (unpaired) electrons. The molecule has 0 saturated heterocycles. The molecule has 2 aromatic rings. The molecule has 2 N–H and O–H groups in total. The molecule has 2 rings (SSSR count). The van der Waals surface area contributed by atoms with Crippen LogP contribution in [0.2, 0.25) is 0 Å². The summed E-state index contributed by atoms with van der Waals surface area (Å²) in [5, 5.41) is 19.1. The number of benzene rings is 1. The molecule has 0 fully saturated rings. The second kappa shape index (κ2) is 6.76. The molecule has 1 aromatic heterocycles. The van der Waals surface area contributed by atoms with Gasteiger partial charge in [-0.3, -0.25) is 4.79 Å². The molecule has 0 bridgehead atoms. The van der Waals surface area contributed by atoms with Crippen molar-refractivity contribution in [3.8, 4) is 0 Å². The predicted octanol–water partition coefficient (Wildman–Crippen LogP) is 0.268. The summed E-state index contributed by atoms with van der Waals surface area (Å²) in [5.74, 6) is -0.520. The fourth-order valence-electron chi connectivity index (χ4n) is 1.65. The third-order valence-electron chi connectivity index (χ3n) is 2.66. The molecule has 0 unspecified atom stereocenters. The summed E-state index contributed by atoms with van der Waals surface area (Å²) in [5.41, 5.74) is 1.46. The standard InChI is InChI=1S/C13H15FN4O2/c14-11-3-1-10(2-4-11)7-15-13(20)9-18-8-12(5-6-19)16-17-18/h1-4,8,19H,5-7,9H2,(H,15,20). The number of nitrogens with zero attached hydrogens (tertiary/aromatic N) is 3. The van der Waals surface area contributed by atoms with Crippen LogP contribution in [0, 0.1) is 5.82 Å². The molecular weight excluding hydrogens is 263 g/mol. The highest BCUT2D eigenvalue weighted by atomic mass is 19.1. The minimum Gasteiger partial charge on any atom is -0.396 e. The zero-order valence-electron chi connectivity index (χ0n) is 10.8. The van der Waals surface area contributed by atoms with Gasteiger partial charge in [-0.25, -0.2) is 9.07 Å². The van der Waals surface area contributed by atoms with E-state index in [1.807, 2.05) is 0 Å². The number of rotatable bonds is 6. The van der Waals surface area contributed by atoms with Crippen molar-refractivity contribution in [2.45, 2.75) is 19.5 Å². The largest absolute Gasteiger partial charge is 0.396 e. The lowest BCUT2D eigenvalue weighted by Gasteiger charge is -2.05. The highest BCUT2D eigenvalue weighted by Crippen LogP contribution is 2.02. The number of halogens is 1. The van der Waals surface area contributed by atoms with Gasteiger partial charge in [-0.05, 0) is 17.7 Å². The first-order valence-corrected chi connectivity index (χ1v) is 6.18. The molecule has 20 heavy (non-hydrogen) atoms. The molecule has 0 aliphatic rings. The van der Waals surface area contributed by atoms with Crippen LogP contribution >= 0.6 is 0 Å². The van der Waals surface area contributed by atoms with Gasteiger partial charge in [0.1, 0.15) is 12.4 Å². The first-order valence-electron chi connectivity index (χ1n) is 6.18. The first kappa shape index (κ1) is 14.1. The van der Waals surface area contributed by atoms with Crippen molar-refractivity contribution in [3.05, 3.63) is 47.5 Å². The summed E-state index contributed by atoms with van der Waals surface area (Å²) in [6, 6.07) is 5.93. The van der Waals surface area contributed by atoms with E-state index in [0.29, 0.717) is 18.7 Å². The molecule has 0 saturated carbocycles. The summed E-state index contributed by atoms with van der Waals surface area (Å²) in [6.07, 6.45) is 2.03. The van der Waals surface area contributed by atoms with Gasteiger partial charge < -0.3 is 10.4 Å². The third kappa shape index (κ3) is 4.13. The van der Waals surface area contributed by atoms with Crippen molar-refractivity contribution in [2.75, 3.05) is 6.61 Å². The fraction of sp³-hybridized carbons (Fsp3) is 0.308. The Hall–Kier alpha value is -2.28. The Morgan fingerprint density at radius 3 is 2.80 bits per heavy atom. The van der Waals surface area contributed by atoms with Gasteiger partial charge in [-0.15, -0.1) is 5.10 Å². The summed E-state index contributed by atoms with van der Waals surface area (Å²) >= 11 is 0. The lowest BCUT2D eigenvalue weighted by molar-refractivity contribution is -0.122. The maximum atomic E-state index is 12.7. The Labute approximate surface area is 115 Å². The van der Waals surface area contributed by atoms with Gasteiger partial charge in [-0.1, -0.05) is 17.3 Å². The Kier molecular flexibility index (Phi) is 4.78. The maximum absolute atomic E-state index is 12.7. The van der Waals surface area contributed by atoms with E-state index in [1.54, 1.807) is 18.3 Å². The second-order valence-electron chi connectivity index (χ2n) is 4.28. The number of aromatic nitrogens is 3. The number of nitrogens with one attached hydrogen (secondary N) is 1. The van der Waals surface area contributed by atoms with Crippen LogP contribution in [0.15, 0.2) is 30.5 Å². The van der Waals surface area contributed by atoms with Gasteiger partial charge in [-0.2, -0.15) is 0 Å². The quantitative estimate of drug-likeness (QED) is 0.795. The number of aliphatic hydroxyl groups excluding tert-OH is 1. The third-order valence-corrected chi connectivity index (χ3v) is 2.66. The van der Waals surface area contributed by atoms with Crippen molar-refractivity contribution in [3.63, 3.8) is 0 Å². The topological polar surface area (TPSA) is 80.0 Å². The summed E-state index contributed by atoms with van der Waals surface area (Å²) < 4.78 is 14.1. The lowest BCUT2D eigenvalue weighted by atomic mass is 10.2. The van der Waals surface area contributed by atoms with Gasteiger partial charge in [0.05, 0.1) is 5.69 Å². The number of hydrogen-bond donors (Lipinski definition) is 2. The van der Waals surface area contributed by atoms with E-state index in [2.05, 4.69) is 15.6 Å². The molecule has 1 amide bonds. The van der Waals surface area contributed by atoms with Crippen molar-refractivity contribution in [1.82, 2.24) is 20.3 Å². The first-order chi connectivity index (χ1) is 9.67. The van der Waals surface area contributed by atoms with E-state index < -0.39 is 0 Å². The minimum absolute atomic E-state index is 0.00451. The Bertz CT molecular complexity index is 568. The van der Waals surface area contributed by atoms with E-state index in [-0.39, 0.29) is 24.9 Å². The fourth-order valence-corrected chi connectivity index (χ4v) is 1.65. The van der Waals surface area contributed by atoms with Crippen LogP contribution in [0.5, 0.6) is 0 Å². The van der Waals surface area contributed by atoms with Gasteiger partial charge in [0.2, 0.25) is 5.91 Å². The van der Waals surface area contributed by atoms with Crippen molar-refractivity contribution < 1.29 is 14.3 Å². The Morgan fingerprint density at radius 2 is 2.10 bits per heavy atom. The molecule has 1 aromatic carbocycles. The molecule has 7 heteroatoms. The van der Waals surface area contributed by atoms with Gasteiger partial charge in [0, 0.05) is 25.8 Å². The molecule has 0 aliphatic heterocycles. The predicted molar refractivity (Wildman–Crippen MR) is 69.1 cm³/mol. The molecular formula is C13H15FN4O2. The molecule has 6 nitrogen and oxygen atoms in total.